The van der Waals surface area contributed by atoms with Gasteiger partial charge < -0.3 is 9.12 Å². The molecule has 11 heteroatoms. The minimum Gasteiger partial charge on any atom is -0.610 e. The zero-order valence-corrected chi connectivity index (χ0v) is 16.7. The summed E-state index contributed by atoms with van der Waals surface area (Å²) in [5, 5.41) is 0.216. The van der Waals surface area contributed by atoms with Crippen molar-refractivity contribution in [1.29, 1.82) is 0 Å². The molecule has 0 aliphatic carbocycles. The summed E-state index contributed by atoms with van der Waals surface area (Å²) in [4.78, 5) is 12.5. The normalized spacial score (nSPS) is 18.5. The van der Waals surface area contributed by atoms with Crippen LogP contribution in [-0.4, -0.2) is 34.4 Å². The first-order valence-electron chi connectivity index (χ1n) is 8.75. The van der Waals surface area contributed by atoms with Crippen LogP contribution in [0.3, 0.4) is 0 Å². The van der Waals surface area contributed by atoms with E-state index < -0.39 is 23.0 Å². The van der Waals surface area contributed by atoms with Gasteiger partial charge in [-0.2, -0.15) is 13.2 Å². The molecule has 28 heavy (non-hydrogen) atoms. The molecule has 2 atom stereocenters. The Morgan fingerprint density at radius 2 is 2.11 bits per heavy atom. The molecule has 1 aliphatic heterocycles. The fourth-order valence-corrected chi connectivity index (χ4v) is 4.81. The van der Waals surface area contributed by atoms with E-state index in [-0.39, 0.29) is 10.9 Å². The van der Waals surface area contributed by atoms with E-state index in [9.17, 15) is 17.7 Å². The SMILES string of the molecule is CC[S+]([O-])c1c(-c2nc3cc(C(F)(F)F)ncc3n2C)nc2n1CCCC2Cl. The van der Waals surface area contributed by atoms with Crippen molar-refractivity contribution < 1.29 is 17.7 Å². The molecule has 0 radical (unpaired) electrons. The van der Waals surface area contributed by atoms with Crippen LogP contribution >= 0.6 is 11.6 Å². The van der Waals surface area contributed by atoms with Crippen LogP contribution in [0.4, 0.5) is 13.2 Å². The highest BCUT2D eigenvalue weighted by Gasteiger charge is 2.35. The number of hydrogen-bond donors (Lipinski definition) is 0. The van der Waals surface area contributed by atoms with Crippen LogP contribution in [0.15, 0.2) is 17.3 Å². The second kappa shape index (κ2) is 6.93. The van der Waals surface area contributed by atoms with Gasteiger partial charge in [0.1, 0.15) is 17.3 Å². The van der Waals surface area contributed by atoms with Gasteiger partial charge in [0.2, 0.25) is 0 Å². The van der Waals surface area contributed by atoms with Gasteiger partial charge in [0.05, 0.1) is 22.6 Å². The topological polar surface area (TPSA) is 71.6 Å². The molecule has 0 saturated heterocycles. The number of alkyl halides is 4. The minimum absolute atomic E-state index is 0.154. The molecular weight excluding hydrogens is 415 g/mol. The molecule has 0 amide bonds. The van der Waals surface area contributed by atoms with E-state index in [0.717, 1.165) is 25.1 Å². The standard InChI is InChI=1S/C17H17ClF3N5OS/c1-3-28(27)16-13(24-14-9(18)5-4-6-26(14)16)15-23-10-7-12(17(19,20)21)22-8-11(10)25(15)2/h7-9H,3-6H2,1-2H3. The van der Waals surface area contributed by atoms with Crippen LogP contribution in [0.5, 0.6) is 0 Å². The molecule has 3 aromatic rings. The number of pyridine rings is 1. The van der Waals surface area contributed by atoms with Crippen molar-refractivity contribution in [3.63, 3.8) is 0 Å². The Morgan fingerprint density at radius 3 is 2.79 bits per heavy atom. The molecule has 0 bridgehead atoms. The van der Waals surface area contributed by atoms with Gasteiger partial charge >= 0.3 is 6.18 Å². The second-order valence-electron chi connectivity index (χ2n) is 6.57. The van der Waals surface area contributed by atoms with E-state index in [4.69, 9.17) is 11.6 Å². The highest BCUT2D eigenvalue weighted by atomic mass is 35.5. The second-order valence-corrected chi connectivity index (χ2v) is 8.75. The lowest BCUT2D eigenvalue weighted by molar-refractivity contribution is -0.141. The van der Waals surface area contributed by atoms with Crippen molar-refractivity contribution in [2.75, 3.05) is 5.75 Å². The van der Waals surface area contributed by atoms with E-state index in [0.29, 0.717) is 40.2 Å². The predicted octanol–water partition coefficient (Wildman–Crippen LogP) is 4.05. The molecule has 6 nitrogen and oxygen atoms in total. The molecule has 150 valence electrons. The van der Waals surface area contributed by atoms with Crippen LogP contribution in [-0.2, 0) is 30.9 Å². The summed E-state index contributed by atoms with van der Waals surface area (Å²) >= 11 is 5.08. The molecule has 0 saturated carbocycles. The third-order valence-electron chi connectivity index (χ3n) is 4.82. The maximum Gasteiger partial charge on any atom is 0.433 e. The van der Waals surface area contributed by atoms with E-state index in [1.165, 1.54) is 0 Å². The van der Waals surface area contributed by atoms with Gasteiger partial charge in [0, 0.05) is 24.8 Å². The molecule has 2 unspecified atom stereocenters. The first kappa shape index (κ1) is 19.5. The van der Waals surface area contributed by atoms with Gasteiger partial charge in [-0.05, 0) is 25.8 Å². The van der Waals surface area contributed by atoms with E-state index in [1.807, 2.05) is 4.57 Å². The van der Waals surface area contributed by atoms with Crippen molar-refractivity contribution in [1.82, 2.24) is 24.1 Å². The molecule has 1 aliphatic rings. The first-order chi connectivity index (χ1) is 13.2. The number of aromatic nitrogens is 5. The van der Waals surface area contributed by atoms with E-state index >= 15 is 0 Å². The van der Waals surface area contributed by atoms with Crippen molar-refractivity contribution in [3.8, 4) is 11.5 Å². The number of hydrogen-bond acceptors (Lipinski definition) is 4. The Hall–Kier alpha value is -1.78. The summed E-state index contributed by atoms with van der Waals surface area (Å²) < 4.78 is 55.2. The number of rotatable bonds is 3. The zero-order chi connectivity index (χ0) is 20.2. The zero-order valence-electron chi connectivity index (χ0n) is 15.1. The molecule has 4 rings (SSSR count). The highest BCUT2D eigenvalue weighted by molar-refractivity contribution is 7.91. The van der Waals surface area contributed by atoms with Crippen molar-refractivity contribution in [2.45, 2.75) is 42.9 Å². The van der Waals surface area contributed by atoms with Gasteiger partial charge in [-0.1, -0.05) is 0 Å². The lowest BCUT2D eigenvalue weighted by Gasteiger charge is -2.20. The lowest BCUT2D eigenvalue weighted by atomic mass is 10.1. The molecule has 3 aromatic heterocycles. The number of halogens is 4. The molecular formula is C17H17ClF3N5OS. The largest absolute Gasteiger partial charge is 0.610 e. The Morgan fingerprint density at radius 1 is 1.36 bits per heavy atom. The van der Waals surface area contributed by atoms with Gasteiger partial charge in [-0.3, -0.25) is 4.57 Å². The van der Waals surface area contributed by atoms with E-state index in [2.05, 4.69) is 15.0 Å². The van der Waals surface area contributed by atoms with Crippen molar-refractivity contribution >= 4 is 33.8 Å². The van der Waals surface area contributed by atoms with Crippen LogP contribution in [0.25, 0.3) is 22.6 Å². The average molecular weight is 432 g/mol. The third kappa shape index (κ3) is 3.07. The number of nitrogens with zero attached hydrogens (tertiary/aromatic N) is 5. The smallest absolute Gasteiger partial charge is 0.433 e. The summed E-state index contributed by atoms with van der Waals surface area (Å²) in [5.41, 5.74) is -0.0203. The van der Waals surface area contributed by atoms with Crippen LogP contribution in [0.1, 0.15) is 36.7 Å². The number of aryl methyl sites for hydroxylation is 1. The fourth-order valence-electron chi connectivity index (χ4n) is 3.44. The molecule has 0 N–H and O–H groups in total. The quantitative estimate of drug-likeness (QED) is 0.463. The number of fused-ring (bicyclic) bond motifs is 2. The Kier molecular flexibility index (Phi) is 4.83. The van der Waals surface area contributed by atoms with Gasteiger partial charge in [0.15, 0.2) is 11.5 Å². The Balaban J connectivity index is 1.94. The summed E-state index contributed by atoms with van der Waals surface area (Å²) in [6, 6.07) is 0.912. The average Bonchev–Trinajstić information content (AvgIpc) is 3.19. The maximum atomic E-state index is 13.0. The minimum atomic E-state index is -4.56. The predicted molar refractivity (Wildman–Crippen MR) is 99.5 cm³/mol. The van der Waals surface area contributed by atoms with Crippen molar-refractivity contribution in [3.05, 3.63) is 23.8 Å². The third-order valence-corrected chi connectivity index (χ3v) is 6.60. The fraction of sp³-hybridized carbons (Fsp3) is 0.471. The first-order valence-corrected chi connectivity index (χ1v) is 10.5. The summed E-state index contributed by atoms with van der Waals surface area (Å²) in [7, 11) is 1.68. The highest BCUT2D eigenvalue weighted by Crippen LogP contribution is 2.38. The molecule has 0 fully saturated rings. The lowest BCUT2D eigenvalue weighted by Crippen LogP contribution is -2.18. The van der Waals surface area contributed by atoms with Gasteiger partial charge in [-0.25, -0.2) is 15.0 Å². The Bertz CT molecular complexity index is 1050. The van der Waals surface area contributed by atoms with Crippen LogP contribution in [0, 0.1) is 0 Å². The summed E-state index contributed by atoms with van der Waals surface area (Å²) in [5.74, 6) is 1.36. The summed E-state index contributed by atoms with van der Waals surface area (Å²) in [6.07, 6.45) is -1.81. The van der Waals surface area contributed by atoms with Crippen LogP contribution < -0.4 is 0 Å². The molecule has 0 aromatic carbocycles. The molecule has 0 spiro atoms. The maximum absolute atomic E-state index is 13.0. The Labute approximate surface area is 166 Å². The van der Waals surface area contributed by atoms with Gasteiger partial charge in [-0.15, -0.1) is 11.6 Å². The number of imidazole rings is 2. The van der Waals surface area contributed by atoms with Crippen LogP contribution in [0.2, 0.25) is 0 Å². The molecule has 4 heterocycles. The monoisotopic (exact) mass is 431 g/mol. The van der Waals surface area contributed by atoms with Gasteiger partial charge in [0.25, 0.3) is 5.03 Å². The van der Waals surface area contributed by atoms with E-state index in [1.54, 1.807) is 18.5 Å². The summed E-state index contributed by atoms with van der Waals surface area (Å²) in [6.45, 7) is 2.45. The van der Waals surface area contributed by atoms with Crippen molar-refractivity contribution in [2.24, 2.45) is 7.05 Å².